The maximum Gasteiger partial charge on any atom is 0.490 e. The van der Waals surface area contributed by atoms with E-state index in [1.807, 2.05) is 59.6 Å². The lowest BCUT2D eigenvalue weighted by molar-refractivity contribution is -0.193. The number of carbonyl (C=O) groups is 6. The third-order valence-electron chi connectivity index (χ3n) is 14.5. The number of fused-ring (bicyclic) bond motifs is 8. The average molecular weight is 1840 g/mol. The van der Waals surface area contributed by atoms with Gasteiger partial charge in [-0.25, -0.2) is 48.7 Å². The molecule has 0 amide bonds. The predicted molar refractivity (Wildman–Crippen MR) is 405 cm³/mol. The molecular formula is C68H70F18N16O16S4. The molecule has 1 aliphatic rings. The second kappa shape index (κ2) is 45.6. The van der Waals surface area contributed by atoms with Crippen LogP contribution in [0.2, 0.25) is 0 Å². The number of aliphatic carboxylic acids is 6. The number of aromatic hydroxyl groups is 2. The molecule has 8 aromatic rings. The lowest BCUT2D eigenvalue weighted by Crippen LogP contribution is -2.23. The van der Waals surface area contributed by atoms with Crippen LogP contribution in [0.4, 0.5) is 79.0 Å². The number of hydrogen-bond donors (Lipinski definition) is 16. The van der Waals surface area contributed by atoms with Crippen LogP contribution in [0.1, 0.15) is 89.5 Å². The van der Waals surface area contributed by atoms with Gasteiger partial charge in [0.05, 0.1) is 11.4 Å². The van der Waals surface area contributed by atoms with Crippen molar-refractivity contribution in [2.45, 2.75) is 115 Å². The van der Waals surface area contributed by atoms with Gasteiger partial charge in [0.1, 0.15) is 36.2 Å². The number of aromatic nitrogens is 4. The third-order valence-corrected chi connectivity index (χ3v) is 18.4. The summed E-state index contributed by atoms with van der Waals surface area (Å²) in [4.78, 5) is 89.8. The minimum Gasteiger partial charge on any atom is -0.507 e. The first-order valence-corrected chi connectivity index (χ1v) is 36.7. The highest BCUT2D eigenvalue weighted by molar-refractivity contribution is 7.20. The highest BCUT2D eigenvalue weighted by Gasteiger charge is 2.42. The number of ether oxygens (including phenoxy) is 2. The van der Waals surface area contributed by atoms with Crippen molar-refractivity contribution in [3.8, 4) is 43.0 Å². The standard InChI is InChI=1S/C56H64N16O4S4.6C2HF3O2/c1-29-25-77-49(69-29)51-71-43(27-79-51)23-75-47-39-15-33(5-9-67-55(61)62)16-40(47)20-36-12-32(4-8-66-54(59)60)14-38(46(36)74)22-42-18-34(6-10-68-56(63)64)17-41(21-37-13-31(3-7-65-53(57)58)11-35(19-39)45(37)73)48(42)76-24-44-28-80-52(72-44)50-70-30(2)26-78-50;6*3-2(4,5)1(6)7/h11-18,25-28,73-74H,3-10,19-24H2,1-2H3,(H4,57,58,65)(H4,59,60,66)(H4,61,62,67)(H4,63,64,68);6*(H,6,7). The normalized spacial score (nSPS) is 11.7. The van der Waals surface area contributed by atoms with E-state index in [0.29, 0.717) is 97.0 Å². The van der Waals surface area contributed by atoms with Gasteiger partial charge >= 0.3 is 72.9 Å². The van der Waals surface area contributed by atoms with Crippen LogP contribution in [0.3, 0.4) is 0 Å². The summed E-state index contributed by atoms with van der Waals surface area (Å²) in [6.07, 6.45) is -27.7. The Hall–Kier alpha value is -12.8. The number of aryl methyl sites for hydroxylation is 2. The fourth-order valence-corrected chi connectivity index (χ4v) is 12.8. The number of benzene rings is 4. The first-order valence-electron chi connectivity index (χ1n) is 33.1. The number of carboxylic acids is 6. The summed E-state index contributed by atoms with van der Waals surface area (Å²) in [5, 5.41) is 79.5. The molecule has 0 spiro atoms. The van der Waals surface area contributed by atoms with Gasteiger partial charge in [-0.15, -0.1) is 45.3 Å². The van der Waals surface area contributed by atoms with Gasteiger partial charge in [-0.05, 0) is 106 Å². The van der Waals surface area contributed by atoms with E-state index >= 15 is 0 Å². The molecule has 1 aliphatic carbocycles. The molecule has 0 aliphatic heterocycles. The number of guanidine groups is 4. The van der Waals surface area contributed by atoms with Crippen molar-refractivity contribution in [1.82, 2.24) is 19.9 Å². The number of rotatable bonds is 20. The Labute approximate surface area is 690 Å². The minimum atomic E-state index is -5.08. The molecule has 0 saturated heterocycles. The Bertz CT molecular complexity index is 4530. The monoisotopic (exact) mass is 1840 g/mol. The SMILES string of the molecule is Cc1csc(-c2nc(COc3c4cc(CCN=C(N)N)cc3Cc3cc(CCN=C(N)N)cc(c3O)Cc3cc(CCN=C(N)N)cc(c3OCc3csc(-c5nc(C)cs5)n3)Cc3cc(CCN=C(N)N)cc(c3O)C4)cs2)n1.O=C(O)C(F)(F)F.O=C(O)C(F)(F)F.O=C(O)C(F)(F)F.O=C(O)C(F)(F)F.O=C(O)C(F)(F)F.O=C(O)C(F)(F)F. The number of hydrogen-bond acceptors (Lipinski definition) is 22. The Morgan fingerprint density at radius 2 is 0.516 bits per heavy atom. The molecule has 54 heteroatoms. The molecule has 4 aromatic carbocycles. The summed E-state index contributed by atoms with van der Waals surface area (Å²) in [5.74, 6) is -15.3. The topological polar surface area (TPSA) is 592 Å². The van der Waals surface area contributed by atoms with Gasteiger partial charge in [-0.1, -0.05) is 48.5 Å². The maximum absolute atomic E-state index is 12.8. The predicted octanol–water partition coefficient (Wildman–Crippen LogP) is 9.77. The highest BCUT2D eigenvalue weighted by atomic mass is 32.1. The molecule has 32 nitrogen and oxygen atoms in total. The number of phenolic OH excluding ortho intramolecular Hbond substituents is 2. The summed E-state index contributed by atoms with van der Waals surface area (Å²) in [5.41, 5.74) is 59.1. The lowest BCUT2D eigenvalue weighted by Gasteiger charge is -2.23. The fourth-order valence-electron chi connectivity index (χ4n) is 9.55. The van der Waals surface area contributed by atoms with E-state index < -0.39 is 72.9 Å². The van der Waals surface area contributed by atoms with Gasteiger partial charge in [0, 0.05) is 84.8 Å². The summed E-state index contributed by atoms with van der Waals surface area (Å²) in [6.45, 7) is 5.41. The number of nitrogens with zero attached hydrogens (tertiary/aromatic N) is 8. The summed E-state index contributed by atoms with van der Waals surface area (Å²) in [7, 11) is 0. The zero-order chi connectivity index (χ0) is 92.9. The molecule has 0 saturated carbocycles. The average Bonchev–Trinajstić information content (AvgIpc) is 0.909. The summed E-state index contributed by atoms with van der Waals surface area (Å²) < 4.78 is 204. The minimum absolute atomic E-state index is 0.0225. The van der Waals surface area contributed by atoms with Gasteiger partial charge in [0.15, 0.2) is 43.9 Å². The number of carboxylic acid groups (broad SMARTS) is 6. The van der Waals surface area contributed by atoms with Crippen LogP contribution in [0.15, 0.2) is 90.0 Å². The van der Waals surface area contributed by atoms with Crippen LogP contribution >= 0.6 is 45.3 Å². The van der Waals surface area contributed by atoms with Crippen molar-refractivity contribution >= 4 is 105 Å². The van der Waals surface area contributed by atoms with Gasteiger partial charge in [-0.3, -0.25) is 20.0 Å². The first-order chi connectivity index (χ1) is 56.2. The molecule has 0 atom stereocenters. The van der Waals surface area contributed by atoms with Gasteiger partial charge < -0.3 is 96.2 Å². The third kappa shape index (κ3) is 36.8. The molecule has 0 unspecified atom stereocenters. The van der Waals surface area contributed by atoms with Crippen LogP contribution < -0.4 is 55.3 Å². The van der Waals surface area contributed by atoms with E-state index in [-0.39, 0.29) is 74.2 Å². The van der Waals surface area contributed by atoms with Crippen LogP contribution in [0, 0.1) is 13.8 Å². The molecule has 4 aromatic heterocycles. The van der Waals surface area contributed by atoms with E-state index in [2.05, 4.69) is 54.2 Å². The van der Waals surface area contributed by atoms with Gasteiger partial charge in [-0.2, -0.15) is 79.0 Å². The van der Waals surface area contributed by atoms with Gasteiger partial charge in [0.25, 0.3) is 0 Å². The molecule has 668 valence electrons. The van der Waals surface area contributed by atoms with Crippen LogP contribution in [-0.2, 0) is 93.3 Å². The van der Waals surface area contributed by atoms with E-state index in [1.54, 1.807) is 0 Å². The number of nitrogens with two attached hydrogens (primary N) is 8. The van der Waals surface area contributed by atoms with Crippen molar-refractivity contribution in [3.63, 3.8) is 0 Å². The molecule has 8 bridgehead atoms. The number of halogens is 18. The quantitative estimate of drug-likeness (QED) is 0.0192. The van der Waals surface area contributed by atoms with E-state index in [4.69, 9.17) is 125 Å². The van der Waals surface area contributed by atoms with E-state index in [1.165, 1.54) is 45.3 Å². The van der Waals surface area contributed by atoms with Crippen molar-refractivity contribution < 1.29 is 158 Å². The molecule has 0 radical (unpaired) electrons. The molecule has 4 heterocycles. The number of thiazole rings is 4. The molecular weight excluding hydrogens is 1770 g/mol. The van der Waals surface area contributed by atoms with Crippen molar-refractivity contribution in [3.05, 3.63) is 160 Å². The van der Waals surface area contributed by atoms with Crippen LogP contribution in [-0.4, -0.2) is 184 Å². The summed E-state index contributed by atoms with van der Waals surface area (Å²) >= 11 is 6.08. The number of phenols is 2. The smallest absolute Gasteiger partial charge is 0.490 e. The maximum atomic E-state index is 12.8. The first kappa shape index (κ1) is 103. The van der Waals surface area contributed by atoms with E-state index in [9.17, 15) is 89.2 Å². The Morgan fingerprint density at radius 3 is 0.689 bits per heavy atom. The fraction of sp³-hybridized carbons (Fsp3) is 0.324. The second-order valence-electron chi connectivity index (χ2n) is 24.2. The van der Waals surface area contributed by atoms with Crippen molar-refractivity contribution in [2.75, 3.05) is 26.2 Å². The van der Waals surface area contributed by atoms with E-state index in [0.717, 1.165) is 75.9 Å². The highest BCUT2D eigenvalue weighted by Crippen LogP contribution is 2.42. The molecule has 24 N–H and O–H groups in total. The number of alkyl halides is 18. The number of aliphatic imine (C=N–C) groups is 4. The Balaban J connectivity index is 0.000000747. The zero-order valence-corrected chi connectivity index (χ0v) is 65.6. The molecule has 122 heavy (non-hydrogen) atoms. The van der Waals surface area contributed by atoms with Crippen molar-refractivity contribution in [1.29, 1.82) is 0 Å². The largest absolute Gasteiger partial charge is 0.507 e. The Morgan fingerprint density at radius 1 is 0.336 bits per heavy atom. The summed E-state index contributed by atoms with van der Waals surface area (Å²) in [6, 6.07) is 16.2. The molecule has 0 fully saturated rings. The van der Waals surface area contributed by atoms with Gasteiger partial charge in [0.2, 0.25) is 0 Å². The second-order valence-corrected chi connectivity index (χ2v) is 27.6. The Kier molecular flexibility index (Phi) is 38.6. The zero-order valence-electron chi connectivity index (χ0n) is 62.3. The molecule has 9 rings (SSSR count). The van der Waals surface area contributed by atoms with Crippen LogP contribution in [0.5, 0.6) is 23.0 Å². The van der Waals surface area contributed by atoms with Crippen molar-refractivity contribution in [2.24, 2.45) is 65.8 Å². The lowest BCUT2D eigenvalue weighted by atomic mass is 9.87. The van der Waals surface area contributed by atoms with Crippen LogP contribution in [0.25, 0.3) is 20.0 Å².